The van der Waals surface area contributed by atoms with Crippen LogP contribution in [0.4, 0.5) is 0 Å². The van der Waals surface area contributed by atoms with Gasteiger partial charge in [0.1, 0.15) is 0 Å². The van der Waals surface area contributed by atoms with Gasteiger partial charge in [0.05, 0.1) is 0 Å². The predicted octanol–water partition coefficient (Wildman–Crippen LogP) is 2.93. The molecule has 2 N–H and O–H groups in total. The van der Waals surface area contributed by atoms with Crippen molar-refractivity contribution in [1.29, 1.82) is 0 Å². The smallest absolute Gasteiger partial charge is 0.0278 e. The molecule has 1 fully saturated rings. The van der Waals surface area contributed by atoms with E-state index >= 15 is 0 Å². The van der Waals surface area contributed by atoms with Gasteiger partial charge in [-0.05, 0) is 52.0 Å². The highest BCUT2D eigenvalue weighted by Gasteiger charge is 2.31. The lowest BCUT2D eigenvalue weighted by Gasteiger charge is -2.37. The first-order valence-corrected chi connectivity index (χ1v) is 6.62. The van der Waals surface area contributed by atoms with Crippen LogP contribution in [0.2, 0.25) is 0 Å². The Morgan fingerprint density at radius 3 is 2.25 bits per heavy atom. The summed E-state index contributed by atoms with van der Waals surface area (Å²) in [5.74, 6) is 0. The summed E-state index contributed by atoms with van der Waals surface area (Å²) in [6, 6.07) is 0. The van der Waals surface area contributed by atoms with E-state index in [1.165, 1.54) is 25.8 Å². The van der Waals surface area contributed by atoms with E-state index in [9.17, 15) is 0 Å². The van der Waals surface area contributed by atoms with E-state index in [1.807, 2.05) is 0 Å². The molecule has 0 bridgehead atoms. The zero-order chi connectivity index (χ0) is 12.4. The molecule has 1 aliphatic heterocycles. The Bertz CT molecular complexity index is 219. The molecule has 16 heavy (non-hydrogen) atoms. The molecule has 2 heteroatoms. The molecule has 1 heterocycles. The summed E-state index contributed by atoms with van der Waals surface area (Å²) in [7, 11) is 0. The summed E-state index contributed by atoms with van der Waals surface area (Å²) in [5.41, 5.74) is 0.932. The van der Waals surface area contributed by atoms with E-state index in [-0.39, 0.29) is 5.54 Å². The second-order valence-corrected chi connectivity index (χ2v) is 7.57. The fraction of sp³-hybridized carbons (Fsp3) is 1.00. The van der Waals surface area contributed by atoms with Gasteiger partial charge in [0.25, 0.3) is 0 Å². The van der Waals surface area contributed by atoms with Crippen molar-refractivity contribution in [3.05, 3.63) is 0 Å². The number of nitrogens with one attached hydrogen (secondary N) is 2. The summed E-state index contributed by atoms with van der Waals surface area (Å²) >= 11 is 0. The molecular weight excluding hydrogens is 196 g/mol. The van der Waals surface area contributed by atoms with Crippen LogP contribution in [-0.2, 0) is 0 Å². The van der Waals surface area contributed by atoms with Crippen molar-refractivity contribution in [3.8, 4) is 0 Å². The molecule has 0 saturated carbocycles. The van der Waals surface area contributed by atoms with Crippen LogP contribution in [0.15, 0.2) is 0 Å². The molecule has 0 spiro atoms. The Hall–Kier alpha value is -0.0800. The van der Waals surface area contributed by atoms with E-state index in [1.54, 1.807) is 0 Å². The van der Waals surface area contributed by atoms with E-state index in [0.29, 0.717) is 11.0 Å². The summed E-state index contributed by atoms with van der Waals surface area (Å²) in [5, 5.41) is 7.34. The Morgan fingerprint density at radius 1 is 1.19 bits per heavy atom. The van der Waals surface area contributed by atoms with Crippen LogP contribution >= 0.6 is 0 Å². The van der Waals surface area contributed by atoms with Crippen molar-refractivity contribution < 1.29 is 0 Å². The van der Waals surface area contributed by atoms with Gasteiger partial charge in [-0.1, -0.05) is 20.8 Å². The normalized spacial score (nSPS) is 27.4. The first-order valence-electron chi connectivity index (χ1n) is 6.62. The molecule has 0 radical (unpaired) electrons. The van der Waals surface area contributed by atoms with Gasteiger partial charge in [-0.2, -0.15) is 0 Å². The largest absolute Gasteiger partial charge is 0.310 e. The first kappa shape index (κ1) is 14.0. The average molecular weight is 226 g/mol. The lowest BCUT2D eigenvalue weighted by molar-refractivity contribution is 0.222. The Kier molecular flexibility index (Phi) is 4.07. The molecule has 0 amide bonds. The molecule has 1 unspecified atom stereocenters. The number of hydrogen-bond acceptors (Lipinski definition) is 2. The maximum absolute atomic E-state index is 3.74. The monoisotopic (exact) mass is 226 g/mol. The maximum atomic E-state index is 3.74. The third kappa shape index (κ3) is 4.84. The molecule has 1 rings (SSSR count). The standard InChI is InChI=1S/C14H30N2/c1-12(2,3)10-13(4,5)16-11-14(6)8-7-9-15-14/h15-16H,7-11H2,1-6H3. The van der Waals surface area contributed by atoms with Crippen LogP contribution in [0.5, 0.6) is 0 Å². The minimum Gasteiger partial charge on any atom is -0.310 e. The summed E-state index contributed by atoms with van der Waals surface area (Å²) in [6.07, 6.45) is 3.82. The molecule has 1 saturated heterocycles. The van der Waals surface area contributed by atoms with Gasteiger partial charge in [0, 0.05) is 17.6 Å². The molecule has 0 aliphatic carbocycles. The quantitative estimate of drug-likeness (QED) is 0.770. The van der Waals surface area contributed by atoms with Crippen LogP contribution in [0, 0.1) is 5.41 Å². The van der Waals surface area contributed by atoms with Crippen LogP contribution in [0.25, 0.3) is 0 Å². The van der Waals surface area contributed by atoms with Gasteiger partial charge in [-0.25, -0.2) is 0 Å². The molecular formula is C14H30N2. The van der Waals surface area contributed by atoms with E-state index in [0.717, 1.165) is 6.54 Å². The van der Waals surface area contributed by atoms with Crippen molar-refractivity contribution in [3.63, 3.8) is 0 Å². The van der Waals surface area contributed by atoms with Crippen LogP contribution < -0.4 is 10.6 Å². The molecule has 1 atom stereocenters. The topological polar surface area (TPSA) is 24.1 Å². The van der Waals surface area contributed by atoms with Crippen molar-refractivity contribution in [1.82, 2.24) is 10.6 Å². The Labute approximate surface area is 102 Å². The summed E-state index contributed by atoms with van der Waals surface area (Å²) < 4.78 is 0. The second kappa shape index (κ2) is 4.66. The molecule has 2 nitrogen and oxygen atoms in total. The van der Waals surface area contributed by atoms with Crippen molar-refractivity contribution >= 4 is 0 Å². The second-order valence-electron chi connectivity index (χ2n) is 7.57. The van der Waals surface area contributed by atoms with Gasteiger partial charge < -0.3 is 10.6 Å². The lowest BCUT2D eigenvalue weighted by Crippen LogP contribution is -2.52. The molecule has 0 aromatic heterocycles. The minimum atomic E-state index is 0.228. The number of hydrogen-bond donors (Lipinski definition) is 2. The third-order valence-electron chi connectivity index (χ3n) is 3.39. The molecule has 96 valence electrons. The molecule has 0 aromatic rings. The van der Waals surface area contributed by atoms with Crippen LogP contribution in [0.1, 0.15) is 60.8 Å². The van der Waals surface area contributed by atoms with Gasteiger partial charge in [-0.15, -0.1) is 0 Å². The Balaban J connectivity index is 2.41. The fourth-order valence-corrected chi connectivity index (χ4v) is 2.93. The van der Waals surface area contributed by atoms with Crippen LogP contribution in [0.3, 0.4) is 0 Å². The zero-order valence-corrected chi connectivity index (χ0v) is 12.0. The third-order valence-corrected chi connectivity index (χ3v) is 3.39. The maximum Gasteiger partial charge on any atom is 0.0278 e. The van der Waals surface area contributed by atoms with Gasteiger partial charge in [0.2, 0.25) is 0 Å². The van der Waals surface area contributed by atoms with E-state index in [4.69, 9.17) is 0 Å². The van der Waals surface area contributed by atoms with Gasteiger partial charge in [-0.3, -0.25) is 0 Å². The first-order chi connectivity index (χ1) is 7.12. The van der Waals surface area contributed by atoms with Crippen LogP contribution in [-0.4, -0.2) is 24.2 Å². The fourth-order valence-electron chi connectivity index (χ4n) is 2.93. The SMILES string of the molecule is CC(C)(C)CC(C)(C)NCC1(C)CCCN1. The van der Waals surface area contributed by atoms with Crippen molar-refractivity contribution in [2.45, 2.75) is 71.9 Å². The Morgan fingerprint density at radius 2 is 1.81 bits per heavy atom. The summed E-state index contributed by atoms with van der Waals surface area (Å²) in [6.45, 7) is 16.2. The minimum absolute atomic E-state index is 0.228. The highest BCUT2D eigenvalue weighted by molar-refractivity contribution is 4.94. The average Bonchev–Trinajstić information content (AvgIpc) is 2.46. The number of rotatable bonds is 4. The summed E-state index contributed by atoms with van der Waals surface area (Å²) in [4.78, 5) is 0. The van der Waals surface area contributed by atoms with Crippen molar-refractivity contribution in [2.24, 2.45) is 5.41 Å². The highest BCUT2D eigenvalue weighted by atomic mass is 15.1. The van der Waals surface area contributed by atoms with E-state index < -0.39 is 0 Å². The highest BCUT2D eigenvalue weighted by Crippen LogP contribution is 2.27. The van der Waals surface area contributed by atoms with Gasteiger partial charge in [0.15, 0.2) is 0 Å². The lowest BCUT2D eigenvalue weighted by atomic mass is 9.81. The van der Waals surface area contributed by atoms with Gasteiger partial charge >= 0.3 is 0 Å². The van der Waals surface area contributed by atoms with Crippen molar-refractivity contribution in [2.75, 3.05) is 13.1 Å². The zero-order valence-electron chi connectivity index (χ0n) is 12.0. The molecule has 1 aliphatic rings. The molecule has 0 aromatic carbocycles. The predicted molar refractivity (Wildman–Crippen MR) is 71.8 cm³/mol. The van der Waals surface area contributed by atoms with E-state index in [2.05, 4.69) is 52.2 Å².